The van der Waals surface area contributed by atoms with E-state index in [9.17, 15) is 8.78 Å². The van der Waals surface area contributed by atoms with E-state index in [-0.39, 0.29) is 12.6 Å². The Balaban J connectivity index is 1.79. The molecule has 2 nitrogen and oxygen atoms in total. The summed E-state index contributed by atoms with van der Waals surface area (Å²) < 4.78 is 33.2. The summed E-state index contributed by atoms with van der Waals surface area (Å²) >= 11 is 0. The molecule has 0 spiro atoms. The molecule has 1 fully saturated rings. The number of nitrogens with one attached hydrogen (secondary N) is 1. The smallest absolute Gasteiger partial charge is 0.148 e. The fourth-order valence-corrected chi connectivity index (χ4v) is 2.50. The van der Waals surface area contributed by atoms with E-state index in [2.05, 4.69) is 5.32 Å². The highest BCUT2D eigenvalue weighted by molar-refractivity contribution is 5.17. The van der Waals surface area contributed by atoms with Crippen LogP contribution >= 0.6 is 0 Å². The molecule has 4 atom stereocenters. The molecule has 1 aromatic rings. The molecule has 0 saturated heterocycles. The van der Waals surface area contributed by atoms with Crippen LogP contribution in [0.5, 0.6) is 0 Å². The molecule has 0 radical (unpaired) electrons. The van der Waals surface area contributed by atoms with Gasteiger partial charge in [-0.15, -0.1) is 0 Å². The van der Waals surface area contributed by atoms with Crippen LogP contribution in [0.4, 0.5) is 8.78 Å². The van der Waals surface area contributed by atoms with Crippen molar-refractivity contribution in [3.05, 3.63) is 35.9 Å². The predicted octanol–water partition coefficient (Wildman–Crippen LogP) is 3.19. The van der Waals surface area contributed by atoms with Crippen LogP contribution in [0.3, 0.4) is 0 Å². The van der Waals surface area contributed by atoms with Crippen molar-refractivity contribution in [3.63, 3.8) is 0 Å². The largest absolute Gasteiger partial charge is 0.372 e. The quantitative estimate of drug-likeness (QED) is 0.886. The lowest BCUT2D eigenvalue weighted by Gasteiger charge is -2.31. The molecule has 0 unspecified atom stereocenters. The molecular formula is C15H21F2NO. The second-order valence-corrected chi connectivity index (χ2v) is 5.06. The summed E-state index contributed by atoms with van der Waals surface area (Å²) in [7, 11) is 1.84. The standard InChI is InChI=1S/C15H21F2NO/c1-18-12-7-8-15(13(16)9-12)19-10-14(17)11-5-3-2-4-6-11/h2-6,12-15,18H,7-10H2,1H3/t12-,13-,14-,15-/m0/s1. The van der Waals surface area contributed by atoms with Gasteiger partial charge in [0.1, 0.15) is 12.3 Å². The van der Waals surface area contributed by atoms with Gasteiger partial charge >= 0.3 is 0 Å². The summed E-state index contributed by atoms with van der Waals surface area (Å²) in [4.78, 5) is 0. The van der Waals surface area contributed by atoms with Crippen LogP contribution in [0.2, 0.25) is 0 Å². The zero-order valence-electron chi connectivity index (χ0n) is 11.2. The second kappa shape index (κ2) is 6.96. The first-order chi connectivity index (χ1) is 9.20. The van der Waals surface area contributed by atoms with Crippen LogP contribution in [0, 0.1) is 0 Å². The van der Waals surface area contributed by atoms with Gasteiger partial charge in [0.25, 0.3) is 0 Å². The van der Waals surface area contributed by atoms with E-state index in [1.165, 1.54) is 0 Å². The van der Waals surface area contributed by atoms with Crippen LogP contribution < -0.4 is 5.32 Å². The van der Waals surface area contributed by atoms with E-state index in [1.807, 2.05) is 13.1 Å². The Labute approximate surface area is 113 Å². The lowest BCUT2D eigenvalue weighted by Crippen LogP contribution is -2.41. The molecule has 106 valence electrons. The summed E-state index contributed by atoms with van der Waals surface area (Å²) in [5.41, 5.74) is 0.585. The lowest BCUT2D eigenvalue weighted by atomic mass is 9.91. The molecule has 1 N–H and O–H groups in total. The minimum atomic E-state index is -1.18. The SMILES string of the molecule is CN[C@H]1CC[C@H](OC[C@H](F)c2ccccc2)[C@@H](F)C1. The Morgan fingerprint density at radius 3 is 2.68 bits per heavy atom. The fraction of sp³-hybridized carbons (Fsp3) is 0.600. The van der Waals surface area contributed by atoms with Gasteiger partial charge in [-0.3, -0.25) is 0 Å². The topological polar surface area (TPSA) is 21.3 Å². The molecule has 0 heterocycles. The first-order valence-corrected chi connectivity index (χ1v) is 6.82. The summed E-state index contributed by atoms with van der Waals surface area (Å²) in [6, 6.07) is 9.08. The van der Waals surface area contributed by atoms with Crippen LogP contribution in [0.25, 0.3) is 0 Å². The van der Waals surface area contributed by atoms with E-state index < -0.39 is 18.4 Å². The van der Waals surface area contributed by atoms with Gasteiger partial charge in [-0.25, -0.2) is 8.78 Å². The van der Waals surface area contributed by atoms with Crippen LogP contribution in [0.1, 0.15) is 31.0 Å². The molecule has 0 bridgehead atoms. The summed E-state index contributed by atoms with van der Waals surface area (Å²) in [5, 5.41) is 3.08. The van der Waals surface area contributed by atoms with Crippen LogP contribution in [-0.2, 0) is 4.74 Å². The van der Waals surface area contributed by atoms with Gasteiger partial charge < -0.3 is 10.1 Å². The van der Waals surface area contributed by atoms with Gasteiger partial charge in [-0.1, -0.05) is 30.3 Å². The summed E-state index contributed by atoms with van der Waals surface area (Å²) in [6.45, 7) is -0.0701. The number of ether oxygens (including phenoxy) is 1. The van der Waals surface area contributed by atoms with Crippen molar-refractivity contribution in [2.45, 2.75) is 43.8 Å². The normalized spacial score (nSPS) is 29.1. The second-order valence-electron chi connectivity index (χ2n) is 5.06. The van der Waals surface area contributed by atoms with Crippen molar-refractivity contribution in [3.8, 4) is 0 Å². The summed E-state index contributed by atoms with van der Waals surface area (Å²) in [5.74, 6) is 0. The Bertz CT molecular complexity index is 374. The molecule has 1 aromatic carbocycles. The van der Waals surface area contributed by atoms with Gasteiger partial charge in [0, 0.05) is 6.04 Å². The first kappa shape index (κ1) is 14.4. The van der Waals surface area contributed by atoms with E-state index in [0.29, 0.717) is 18.4 Å². The van der Waals surface area contributed by atoms with Gasteiger partial charge in [-0.2, -0.15) is 0 Å². The number of alkyl halides is 2. The van der Waals surface area contributed by atoms with Crippen molar-refractivity contribution >= 4 is 0 Å². The zero-order valence-corrected chi connectivity index (χ0v) is 11.2. The molecule has 4 heteroatoms. The minimum Gasteiger partial charge on any atom is -0.372 e. The molecule has 0 aromatic heterocycles. The maximum Gasteiger partial charge on any atom is 0.148 e. The average Bonchev–Trinajstić information content (AvgIpc) is 2.46. The molecule has 1 aliphatic carbocycles. The number of halogens is 2. The van der Waals surface area contributed by atoms with Crippen LogP contribution in [0.15, 0.2) is 30.3 Å². The summed E-state index contributed by atoms with van der Waals surface area (Å²) in [6.07, 6.45) is -0.683. The van der Waals surface area contributed by atoms with Gasteiger partial charge in [-0.05, 0) is 31.9 Å². The maximum absolute atomic E-state index is 13.9. The van der Waals surface area contributed by atoms with Crippen LogP contribution in [-0.4, -0.2) is 32.0 Å². The average molecular weight is 269 g/mol. The van der Waals surface area contributed by atoms with Gasteiger partial charge in [0.15, 0.2) is 0 Å². The minimum absolute atomic E-state index is 0.0701. The van der Waals surface area contributed by atoms with E-state index in [4.69, 9.17) is 4.74 Å². The Hall–Kier alpha value is -1.00. The molecule has 19 heavy (non-hydrogen) atoms. The van der Waals surface area contributed by atoms with Crippen molar-refractivity contribution in [2.75, 3.05) is 13.7 Å². The third-order valence-corrected chi connectivity index (χ3v) is 3.74. The first-order valence-electron chi connectivity index (χ1n) is 6.82. The van der Waals surface area contributed by atoms with Gasteiger partial charge in [0.2, 0.25) is 0 Å². The highest BCUT2D eigenvalue weighted by Crippen LogP contribution is 2.26. The monoisotopic (exact) mass is 269 g/mol. The predicted molar refractivity (Wildman–Crippen MR) is 71.6 cm³/mol. The molecular weight excluding hydrogens is 248 g/mol. The molecule has 1 saturated carbocycles. The molecule has 1 aliphatic rings. The molecule has 2 rings (SSSR count). The van der Waals surface area contributed by atoms with Crippen molar-refractivity contribution in [1.29, 1.82) is 0 Å². The van der Waals surface area contributed by atoms with Crippen molar-refractivity contribution in [1.82, 2.24) is 5.32 Å². The third-order valence-electron chi connectivity index (χ3n) is 3.74. The molecule has 0 amide bonds. The zero-order chi connectivity index (χ0) is 13.7. The Kier molecular flexibility index (Phi) is 5.28. The highest BCUT2D eigenvalue weighted by Gasteiger charge is 2.31. The molecule has 0 aliphatic heterocycles. The Morgan fingerprint density at radius 1 is 1.32 bits per heavy atom. The van der Waals surface area contributed by atoms with Crippen molar-refractivity contribution < 1.29 is 13.5 Å². The highest BCUT2D eigenvalue weighted by atomic mass is 19.1. The van der Waals surface area contributed by atoms with E-state index in [0.717, 1.165) is 6.42 Å². The number of hydrogen-bond acceptors (Lipinski definition) is 2. The number of hydrogen-bond donors (Lipinski definition) is 1. The number of benzene rings is 1. The number of rotatable bonds is 5. The van der Waals surface area contributed by atoms with Gasteiger partial charge in [0.05, 0.1) is 12.7 Å². The fourth-order valence-electron chi connectivity index (χ4n) is 2.50. The van der Waals surface area contributed by atoms with Crippen molar-refractivity contribution in [2.24, 2.45) is 0 Å². The maximum atomic E-state index is 13.9. The van der Waals surface area contributed by atoms with E-state index in [1.54, 1.807) is 24.3 Å². The Morgan fingerprint density at radius 2 is 2.05 bits per heavy atom. The third kappa shape index (κ3) is 3.98. The lowest BCUT2D eigenvalue weighted by molar-refractivity contribution is -0.0485. The van der Waals surface area contributed by atoms with E-state index >= 15 is 0 Å².